The summed E-state index contributed by atoms with van der Waals surface area (Å²) in [5.41, 5.74) is 0.225. The number of aryl methyl sites for hydroxylation is 1. The molecule has 0 aromatic carbocycles. The largest absolute Gasteiger partial charge is 0.379 e. The summed E-state index contributed by atoms with van der Waals surface area (Å²) in [6.07, 6.45) is 7.15. The number of morpholine rings is 1. The number of guanidine groups is 1. The number of aliphatic imine (C=N–C) groups is 1. The molecule has 0 bridgehead atoms. The van der Waals surface area contributed by atoms with Gasteiger partial charge in [-0.25, -0.2) is 0 Å². The van der Waals surface area contributed by atoms with Gasteiger partial charge in [0, 0.05) is 45.2 Å². The molecule has 0 spiro atoms. The Balaban J connectivity index is 1.51. The topological polar surface area (TPSA) is 87.8 Å². The second-order valence-corrected chi connectivity index (χ2v) is 7.22. The molecule has 0 unspecified atom stereocenters. The average molecular weight is 364 g/mol. The molecule has 3 rings (SSSR count). The number of hydrogen-bond acceptors (Lipinski definition) is 6. The van der Waals surface area contributed by atoms with Crippen molar-refractivity contribution >= 4 is 5.96 Å². The zero-order valence-corrected chi connectivity index (χ0v) is 16.1. The minimum Gasteiger partial charge on any atom is -0.379 e. The summed E-state index contributed by atoms with van der Waals surface area (Å²) < 4.78 is 10.7. The summed E-state index contributed by atoms with van der Waals surface area (Å²) in [6, 6.07) is 0. The highest BCUT2D eigenvalue weighted by Crippen LogP contribution is 2.33. The van der Waals surface area contributed by atoms with Crippen LogP contribution in [0.3, 0.4) is 0 Å². The van der Waals surface area contributed by atoms with Gasteiger partial charge in [0.1, 0.15) is 0 Å². The Morgan fingerprint density at radius 3 is 2.62 bits per heavy atom. The van der Waals surface area contributed by atoms with Gasteiger partial charge in [0.05, 0.1) is 13.2 Å². The molecular formula is C18H32N6O2. The van der Waals surface area contributed by atoms with Gasteiger partial charge in [0.25, 0.3) is 0 Å². The van der Waals surface area contributed by atoms with E-state index in [0.29, 0.717) is 24.7 Å². The fourth-order valence-electron chi connectivity index (χ4n) is 4.05. The number of hydrogen-bond donors (Lipinski definition) is 2. The highest BCUT2D eigenvalue weighted by Gasteiger charge is 2.38. The molecule has 1 aliphatic heterocycles. The minimum absolute atomic E-state index is 0.225. The van der Waals surface area contributed by atoms with Gasteiger partial charge in [-0.15, -0.1) is 0 Å². The molecular weight excluding hydrogens is 332 g/mol. The molecule has 1 aromatic rings. The minimum atomic E-state index is 0.225. The Kier molecular flexibility index (Phi) is 6.85. The molecule has 146 valence electrons. The van der Waals surface area contributed by atoms with Crippen molar-refractivity contribution in [2.45, 2.75) is 51.0 Å². The van der Waals surface area contributed by atoms with Crippen LogP contribution in [0.1, 0.15) is 43.8 Å². The first kappa shape index (κ1) is 19.1. The van der Waals surface area contributed by atoms with E-state index >= 15 is 0 Å². The van der Waals surface area contributed by atoms with Gasteiger partial charge in [-0.1, -0.05) is 24.4 Å². The zero-order valence-electron chi connectivity index (χ0n) is 16.1. The Morgan fingerprint density at radius 2 is 1.96 bits per heavy atom. The molecule has 26 heavy (non-hydrogen) atoms. The molecule has 1 saturated heterocycles. The normalized spacial score (nSPS) is 21.5. The quantitative estimate of drug-likeness (QED) is 0.578. The lowest BCUT2D eigenvalue weighted by atomic mass is 9.80. The highest BCUT2D eigenvalue weighted by atomic mass is 16.5. The Bertz CT molecular complexity index is 576. The predicted molar refractivity (Wildman–Crippen MR) is 100 cm³/mol. The maximum absolute atomic E-state index is 5.56. The standard InChI is InChI=1S/C18H32N6O2/c1-15-22-16(26-23-15)6-9-20-17(19-2)21-14-18(7-4-3-5-8-18)24-10-12-25-13-11-24/h3-14H2,1-2H3,(H2,19,20,21). The van der Waals surface area contributed by atoms with Crippen molar-refractivity contribution in [1.82, 2.24) is 25.7 Å². The summed E-state index contributed by atoms with van der Waals surface area (Å²) in [6.45, 7) is 7.22. The van der Waals surface area contributed by atoms with Crippen LogP contribution in [-0.2, 0) is 11.2 Å². The molecule has 8 nitrogen and oxygen atoms in total. The lowest BCUT2D eigenvalue weighted by molar-refractivity contribution is -0.0352. The summed E-state index contributed by atoms with van der Waals surface area (Å²) in [5, 5.41) is 10.7. The first-order valence-corrected chi connectivity index (χ1v) is 9.78. The number of aromatic nitrogens is 2. The molecule has 2 N–H and O–H groups in total. The van der Waals surface area contributed by atoms with E-state index in [4.69, 9.17) is 9.26 Å². The molecule has 2 fully saturated rings. The molecule has 0 atom stereocenters. The summed E-state index contributed by atoms with van der Waals surface area (Å²) in [7, 11) is 1.81. The van der Waals surface area contributed by atoms with Gasteiger partial charge < -0.3 is 19.9 Å². The Labute approximate surface area is 155 Å². The van der Waals surface area contributed by atoms with Crippen LogP contribution in [0.15, 0.2) is 9.52 Å². The fourth-order valence-corrected chi connectivity index (χ4v) is 4.05. The van der Waals surface area contributed by atoms with Gasteiger partial charge in [0.15, 0.2) is 11.8 Å². The van der Waals surface area contributed by atoms with E-state index in [1.807, 2.05) is 14.0 Å². The van der Waals surface area contributed by atoms with Gasteiger partial charge in [-0.05, 0) is 19.8 Å². The highest BCUT2D eigenvalue weighted by molar-refractivity contribution is 5.79. The number of nitrogens with zero attached hydrogens (tertiary/aromatic N) is 4. The molecule has 0 amide bonds. The predicted octanol–water partition coefficient (Wildman–Crippen LogP) is 1.12. The fraction of sp³-hybridized carbons (Fsp3) is 0.833. The van der Waals surface area contributed by atoms with E-state index in [2.05, 4.69) is 30.7 Å². The lowest BCUT2D eigenvalue weighted by Crippen LogP contribution is -2.60. The van der Waals surface area contributed by atoms with Crippen LogP contribution < -0.4 is 10.6 Å². The van der Waals surface area contributed by atoms with E-state index in [-0.39, 0.29) is 5.54 Å². The van der Waals surface area contributed by atoms with E-state index in [1.165, 1.54) is 32.1 Å². The molecule has 2 heterocycles. The van der Waals surface area contributed by atoms with E-state index in [9.17, 15) is 0 Å². The molecule has 8 heteroatoms. The third-order valence-corrected chi connectivity index (χ3v) is 5.48. The van der Waals surface area contributed by atoms with Gasteiger partial charge >= 0.3 is 0 Å². The van der Waals surface area contributed by atoms with Crippen LogP contribution >= 0.6 is 0 Å². The Morgan fingerprint density at radius 1 is 1.19 bits per heavy atom. The number of nitrogens with one attached hydrogen (secondary N) is 2. The van der Waals surface area contributed by atoms with Crippen LogP contribution in [0.2, 0.25) is 0 Å². The molecule has 2 aliphatic rings. The second kappa shape index (κ2) is 9.32. The summed E-state index contributed by atoms with van der Waals surface area (Å²) in [4.78, 5) is 11.2. The first-order chi connectivity index (χ1) is 12.7. The van der Waals surface area contributed by atoms with Gasteiger partial charge in [0.2, 0.25) is 5.89 Å². The smallest absolute Gasteiger partial charge is 0.228 e. The van der Waals surface area contributed by atoms with Crippen molar-refractivity contribution < 1.29 is 9.26 Å². The summed E-state index contributed by atoms with van der Waals surface area (Å²) in [5.74, 6) is 2.16. The number of ether oxygens (including phenoxy) is 1. The van der Waals surface area contributed by atoms with Crippen LogP contribution in [0.25, 0.3) is 0 Å². The zero-order chi connectivity index (χ0) is 18.2. The second-order valence-electron chi connectivity index (χ2n) is 7.22. The van der Waals surface area contributed by atoms with Gasteiger partial charge in [-0.2, -0.15) is 4.98 Å². The maximum atomic E-state index is 5.56. The third-order valence-electron chi connectivity index (χ3n) is 5.48. The molecule has 0 radical (unpaired) electrons. The van der Waals surface area contributed by atoms with Gasteiger partial charge in [-0.3, -0.25) is 9.89 Å². The molecule has 1 saturated carbocycles. The van der Waals surface area contributed by atoms with E-state index in [1.54, 1.807) is 0 Å². The average Bonchev–Trinajstić information content (AvgIpc) is 3.11. The van der Waals surface area contributed by atoms with Crippen LogP contribution in [0.4, 0.5) is 0 Å². The molecule has 1 aromatic heterocycles. The molecule has 1 aliphatic carbocycles. The van der Waals surface area contributed by atoms with Crippen molar-refractivity contribution in [2.75, 3.05) is 46.4 Å². The van der Waals surface area contributed by atoms with Crippen LogP contribution in [0.5, 0.6) is 0 Å². The van der Waals surface area contributed by atoms with Crippen molar-refractivity contribution in [1.29, 1.82) is 0 Å². The van der Waals surface area contributed by atoms with Crippen molar-refractivity contribution in [3.63, 3.8) is 0 Å². The van der Waals surface area contributed by atoms with Crippen LogP contribution in [0, 0.1) is 6.92 Å². The maximum Gasteiger partial charge on any atom is 0.228 e. The van der Waals surface area contributed by atoms with E-state index in [0.717, 1.165) is 38.8 Å². The van der Waals surface area contributed by atoms with Crippen molar-refractivity contribution in [3.05, 3.63) is 11.7 Å². The summed E-state index contributed by atoms with van der Waals surface area (Å²) >= 11 is 0. The third kappa shape index (κ3) is 4.94. The first-order valence-electron chi connectivity index (χ1n) is 9.78. The Hall–Kier alpha value is -1.67. The van der Waals surface area contributed by atoms with Crippen LogP contribution in [-0.4, -0.2) is 73.0 Å². The van der Waals surface area contributed by atoms with Crippen molar-refractivity contribution in [3.8, 4) is 0 Å². The monoisotopic (exact) mass is 364 g/mol. The number of rotatable bonds is 6. The van der Waals surface area contributed by atoms with Crippen molar-refractivity contribution in [2.24, 2.45) is 4.99 Å². The van der Waals surface area contributed by atoms with E-state index < -0.39 is 0 Å². The lowest BCUT2D eigenvalue weighted by Gasteiger charge is -2.48. The SMILES string of the molecule is CN=C(NCCc1nc(C)no1)NCC1(N2CCOCC2)CCCCC1.